The third-order valence-electron chi connectivity index (χ3n) is 2.75. The van der Waals surface area contributed by atoms with Gasteiger partial charge in [0.25, 0.3) is 0 Å². The van der Waals surface area contributed by atoms with Crippen LogP contribution in [-0.4, -0.2) is 21.5 Å². The minimum Gasteiger partial charge on any atom is -0.402 e. The molecule has 1 aromatic carbocycles. The highest BCUT2D eigenvalue weighted by Crippen LogP contribution is 2.20. The van der Waals surface area contributed by atoms with Crippen molar-refractivity contribution in [2.24, 2.45) is 4.99 Å². The lowest BCUT2D eigenvalue weighted by atomic mass is 10.1. The SMILES string of the molecule is Cc1cc(C)cc(C2=N/C(=C\c3csnn3)C(=O)O2)c1. The molecule has 0 radical (unpaired) electrons. The number of carbonyl (C=O) groups excluding carboxylic acids is 1. The monoisotopic (exact) mass is 285 g/mol. The highest BCUT2D eigenvalue weighted by Gasteiger charge is 2.24. The molecule has 0 spiro atoms. The molecule has 0 atom stereocenters. The summed E-state index contributed by atoms with van der Waals surface area (Å²) in [6.45, 7) is 3.98. The summed E-state index contributed by atoms with van der Waals surface area (Å²) in [5.74, 6) is -0.136. The second-order valence-electron chi connectivity index (χ2n) is 4.54. The number of aromatic nitrogens is 2. The number of benzene rings is 1. The maximum absolute atomic E-state index is 11.8. The van der Waals surface area contributed by atoms with Crippen LogP contribution in [0.15, 0.2) is 34.3 Å². The summed E-state index contributed by atoms with van der Waals surface area (Å²) in [4.78, 5) is 16.0. The molecule has 5 nitrogen and oxygen atoms in total. The lowest BCUT2D eigenvalue weighted by Crippen LogP contribution is -2.05. The summed E-state index contributed by atoms with van der Waals surface area (Å²) in [6, 6.07) is 5.93. The van der Waals surface area contributed by atoms with Gasteiger partial charge in [0.2, 0.25) is 5.90 Å². The van der Waals surface area contributed by atoms with Crippen molar-refractivity contribution in [2.75, 3.05) is 0 Å². The van der Waals surface area contributed by atoms with Crippen LogP contribution in [-0.2, 0) is 9.53 Å². The lowest BCUT2D eigenvalue weighted by molar-refractivity contribution is -0.129. The van der Waals surface area contributed by atoms with Crippen molar-refractivity contribution in [3.8, 4) is 0 Å². The molecule has 0 saturated carbocycles. The molecule has 0 unspecified atom stereocenters. The Morgan fingerprint density at radius 2 is 1.95 bits per heavy atom. The summed E-state index contributed by atoms with van der Waals surface area (Å²) >= 11 is 1.22. The smallest absolute Gasteiger partial charge is 0.363 e. The van der Waals surface area contributed by atoms with Crippen LogP contribution in [0, 0.1) is 13.8 Å². The molecule has 6 heteroatoms. The molecule has 0 N–H and O–H groups in total. The van der Waals surface area contributed by atoms with E-state index in [9.17, 15) is 4.79 Å². The Hall–Kier alpha value is -2.34. The fraction of sp³-hybridized carbons (Fsp3) is 0.143. The highest BCUT2D eigenvalue weighted by atomic mass is 32.1. The quantitative estimate of drug-likeness (QED) is 0.628. The van der Waals surface area contributed by atoms with Crippen molar-refractivity contribution < 1.29 is 9.53 Å². The highest BCUT2D eigenvalue weighted by molar-refractivity contribution is 7.03. The minimum atomic E-state index is -0.466. The van der Waals surface area contributed by atoms with Gasteiger partial charge in [-0.3, -0.25) is 0 Å². The average molecular weight is 285 g/mol. The summed E-state index contributed by atoms with van der Waals surface area (Å²) in [5.41, 5.74) is 3.84. The normalized spacial score (nSPS) is 16.4. The van der Waals surface area contributed by atoms with E-state index >= 15 is 0 Å². The minimum absolute atomic E-state index is 0.242. The predicted molar refractivity (Wildman–Crippen MR) is 76.4 cm³/mol. The van der Waals surface area contributed by atoms with E-state index in [0.717, 1.165) is 16.7 Å². The van der Waals surface area contributed by atoms with E-state index in [4.69, 9.17) is 4.74 Å². The zero-order chi connectivity index (χ0) is 14.1. The van der Waals surface area contributed by atoms with Crippen molar-refractivity contribution in [3.63, 3.8) is 0 Å². The molecule has 0 saturated heterocycles. The maximum atomic E-state index is 11.8. The first kappa shape index (κ1) is 12.7. The van der Waals surface area contributed by atoms with Gasteiger partial charge < -0.3 is 4.74 Å². The largest absolute Gasteiger partial charge is 0.402 e. The van der Waals surface area contributed by atoms with Crippen molar-refractivity contribution in [3.05, 3.63) is 51.7 Å². The molecule has 2 aromatic rings. The number of rotatable bonds is 2. The molecule has 0 fully saturated rings. The molecule has 0 amide bonds. The molecule has 100 valence electrons. The molecule has 1 aliphatic heterocycles. The van der Waals surface area contributed by atoms with Gasteiger partial charge in [-0.25, -0.2) is 9.79 Å². The Morgan fingerprint density at radius 1 is 1.20 bits per heavy atom. The number of esters is 1. The van der Waals surface area contributed by atoms with Crippen molar-refractivity contribution >= 4 is 29.5 Å². The Bertz CT molecular complexity index is 713. The number of nitrogens with zero attached hydrogens (tertiary/aromatic N) is 3. The maximum Gasteiger partial charge on any atom is 0.363 e. The first-order valence-electron chi connectivity index (χ1n) is 6.00. The van der Waals surface area contributed by atoms with E-state index in [1.807, 2.05) is 26.0 Å². The fourth-order valence-electron chi connectivity index (χ4n) is 2.01. The standard InChI is InChI=1S/C14H11N3O2S/c1-8-3-9(2)5-10(4-8)13-15-12(14(18)19-13)6-11-7-20-17-16-11/h3-7H,1-2H3/b12-6-. The van der Waals surface area contributed by atoms with Crippen LogP contribution in [0.1, 0.15) is 22.4 Å². The lowest BCUT2D eigenvalue weighted by Gasteiger charge is -2.03. The molecule has 0 aliphatic carbocycles. The molecular formula is C14H11N3O2S. The molecule has 3 rings (SSSR count). The second-order valence-corrected chi connectivity index (χ2v) is 5.15. The van der Waals surface area contributed by atoms with Gasteiger partial charge in [0.15, 0.2) is 5.70 Å². The van der Waals surface area contributed by atoms with Gasteiger partial charge in [0.1, 0.15) is 5.69 Å². The van der Waals surface area contributed by atoms with Gasteiger partial charge in [-0.1, -0.05) is 21.7 Å². The Balaban J connectivity index is 1.98. The van der Waals surface area contributed by atoms with E-state index in [1.165, 1.54) is 11.5 Å². The number of aryl methyl sites for hydroxylation is 2. The number of cyclic esters (lactones) is 1. The van der Waals surface area contributed by atoms with Gasteiger partial charge in [-0.05, 0) is 43.6 Å². The Kier molecular flexibility index (Phi) is 3.15. The van der Waals surface area contributed by atoms with Crippen LogP contribution in [0.4, 0.5) is 0 Å². The van der Waals surface area contributed by atoms with Gasteiger partial charge in [-0.2, -0.15) is 0 Å². The molecule has 2 heterocycles. The van der Waals surface area contributed by atoms with E-state index < -0.39 is 5.97 Å². The number of ether oxygens (including phenoxy) is 1. The molecular weight excluding hydrogens is 274 g/mol. The van der Waals surface area contributed by atoms with Crippen LogP contribution in [0.5, 0.6) is 0 Å². The first-order valence-corrected chi connectivity index (χ1v) is 6.84. The Morgan fingerprint density at radius 3 is 2.60 bits per heavy atom. The van der Waals surface area contributed by atoms with E-state index in [0.29, 0.717) is 11.6 Å². The van der Waals surface area contributed by atoms with Gasteiger partial charge in [0.05, 0.1) is 0 Å². The van der Waals surface area contributed by atoms with Crippen molar-refractivity contribution in [2.45, 2.75) is 13.8 Å². The van der Waals surface area contributed by atoms with Crippen LogP contribution >= 0.6 is 11.5 Å². The first-order chi connectivity index (χ1) is 9.61. The van der Waals surface area contributed by atoms with E-state index in [1.54, 1.807) is 11.5 Å². The zero-order valence-electron chi connectivity index (χ0n) is 11.0. The predicted octanol–water partition coefficient (Wildman–Crippen LogP) is 2.50. The summed E-state index contributed by atoms with van der Waals surface area (Å²) in [5, 5.41) is 5.60. The van der Waals surface area contributed by atoms with Gasteiger partial charge in [0, 0.05) is 10.9 Å². The van der Waals surface area contributed by atoms with Crippen LogP contribution in [0.3, 0.4) is 0 Å². The number of hydrogen-bond acceptors (Lipinski definition) is 6. The summed E-state index contributed by atoms with van der Waals surface area (Å²) < 4.78 is 8.95. The summed E-state index contributed by atoms with van der Waals surface area (Å²) in [6.07, 6.45) is 1.57. The number of hydrogen-bond donors (Lipinski definition) is 0. The van der Waals surface area contributed by atoms with Gasteiger partial charge in [-0.15, -0.1) is 5.10 Å². The number of carbonyl (C=O) groups is 1. The van der Waals surface area contributed by atoms with E-state index in [-0.39, 0.29) is 5.70 Å². The third kappa shape index (κ3) is 2.50. The zero-order valence-corrected chi connectivity index (χ0v) is 11.8. The molecule has 1 aliphatic rings. The topological polar surface area (TPSA) is 64.4 Å². The molecule has 20 heavy (non-hydrogen) atoms. The summed E-state index contributed by atoms with van der Waals surface area (Å²) in [7, 11) is 0. The molecule has 1 aromatic heterocycles. The van der Waals surface area contributed by atoms with Crippen LogP contribution in [0.25, 0.3) is 6.08 Å². The van der Waals surface area contributed by atoms with Crippen LogP contribution < -0.4 is 0 Å². The molecule has 0 bridgehead atoms. The Labute approximate surface area is 119 Å². The van der Waals surface area contributed by atoms with Gasteiger partial charge >= 0.3 is 5.97 Å². The number of aliphatic imine (C=N–C) groups is 1. The van der Waals surface area contributed by atoms with Crippen LogP contribution in [0.2, 0.25) is 0 Å². The second kappa shape index (κ2) is 4.97. The van der Waals surface area contributed by atoms with E-state index in [2.05, 4.69) is 20.6 Å². The fourth-order valence-corrected chi connectivity index (χ4v) is 2.42. The third-order valence-corrected chi connectivity index (χ3v) is 3.27. The average Bonchev–Trinajstić information content (AvgIpc) is 3.00. The van der Waals surface area contributed by atoms with Crippen molar-refractivity contribution in [1.29, 1.82) is 0 Å². The van der Waals surface area contributed by atoms with Crippen molar-refractivity contribution in [1.82, 2.24) is 9.59 Å².